The molecule has 1 fully saturated rings. The topological polar surface area (TPSA) is 62.7 Å². The molecule has 0 saturated carbocycles. The van der Waals surface area contributed by atoms with E-state index in [1.165, 1.54) is 5.56 Å². The van der Waals surface area contributed by atoms with Crippen LogP contribution in [0, 0.1) is 6.92 Å². The maximum Gasteiger partial charge on any atom is 0.325 e. The number of benzene rings is 1. The summed E-state index contributed by atoms with van der Waals surface area (Å²) in [6.07, 6.45) is 5.53. The summed E-state index contributed by atoms with van der Waals surface area (Å²) in [5.74, 6) is 0.272. The van der Waals surface area contributed by atoms with Crippen molar-refractivity contribution in [2.24, 2.45) is 0 Å². The lowest BCUT2D eigenvalue weighted by Crippen LogP contribution is -2.39. The minimum atomic E-state index is -0.828. The highest BCUT2D eigenvalue weighted by atomic mass is 16.5. The number of pyridine rings is 1. The molecule has 1 aromatic heterocycles. The predicted molar refractivity (Wildman–Crippen MR) is 95.9 cm³/mol. The number of rotatable bonds is 5. The van der Waals surface area contributed by atoms with Gasteiger partial charge in [0.2, 0.25) is 0 Å². The lowest BCUT2D eigenvalue weighted by molar-refractivity contribution is -0.144. The standard InChI is InChI=1S/C20H24N2O3/c1-14-3-4-18(25-2)17(13-14)19(20(23)24)22-11-7-16(8-12-22)15-5-9-21-10-6-15/h3-6,9-10,13,16,19H,7-8,11-12H2,1-2H3,(H,23,24)/t19-/m0/s1. The third-order valence-electron chi connectivity index (χ3n) is 4.99. The van der Waals surface area contributed by atoms with Crippen LogP contribution in [0.5, 0.6) is 5.75 Å². The first-order valence-electron chi connectivity index (χ1n) is 8.61. The molecule has 25 heavy (non-hydrogen) atoms. The van der Waals surface area contributed by atoms with Gasteiger partial charge in [-0.1, -0.05) is 17.7 Å². The van der Waals surface area contributed by atoms with E-state index >= 15 is 0 Å². The number of methoxy groups -OCH3 is 1. The Balaban J connectivity index is 1.80. The minimum absolute atomic E-state index is 0.466. The number of nitrogens with zero attached hydrogens (tertiary/aromatic N) is 2. The Morgan fingerprint density at radius 1 is 1.24 bits per heavy atom. The molecule has 0 bridgehead atoms. The molecule has 2 heterocycles. The van der Waals surface area contributed by atoms with Gasteiger partial charge < -0.3 is 9.84 Å². The van der Waals surface area contributed by atoms with Gasteiger partial charge in [-0.3, -0.25) is 14.7 Å². The Kier molecular flexibility index (Phi) is 5.34. The van der Waals surface area contributed by atoms with Crippen molar-refractivity contribution in [3.05, 3.63) is 59.4 Å². The van der Waals surface area contributed by atoms with Gasteiger partial charge in [-0.05, 0) is 62.5 Å². The number of carbonyl (C=O) groups is 1. The van der Waals surface area contributed by atoms with Crippen molar-refractivity contribution in [2.75, 3.05) is 20.2 Å². The summed E-state index contributed by atoms with van der Waals surface area (Å²) < 4.78 is 5.42. The molecule has 0 amide bonds. The normalized spacial score (nSPS) is 17.2. The number of hydrogen-bond donors (Lipinski definition) is 1. The molecule has 1 aliphatic heterocycles. The molecular weight excluding hydrogens is 316 g/mol. The van der Waals surface area contributed by atoms with Gasteiger partial charge in [0, 0.05) is 18.0 Å². The fourth-order valence-electron chi connectivity index (χ4n) is 3.68. The molecule has 0 radical (unpaired) electrons. The maximum absolute atomic E-state index is 12.0. The van der Waals surface area contributed by atoms with E-state index in [1.54, 1.807) is 7.11 Å². The van der Waals surface area contributed by atoms with Crippen LogP contribution in [0.2, 0.25) is 0 Å². The predicted octanol–water partition coefficient (Wildman–Crippen LogP) is 3.40. The van der Waals surface area contributed by atoms with Crippen LogP contribution in [0.4, 0.5) is 0 Å². The van der Waals surface area contributed by atoms with E-state index in [1.807, 2.05) is 37.5 Å². The van der Waals surface area contributed by atoms with Crippen LogP contribution in [0.1, 0.15) is 41.5 Å². The van der Waals surface area contributed by atoms with Gasteiger partial charge in [0.05, 0.1) is 7.11 Å². The fraction of sp³-hybridized carbons (Fsp3) is 0.400. The van der Waals surface area contributed by atoms with E-state index in [0.717, 1.165) is 37.1 Å². The second-order valence-electron chi connectivity index (χ2n) is 6.58. The minimum Gasteiger partial charge on any atom is -0.496 e. The van der Waals surface area contributed by atoms with Gasteiger partial charge in [0.25, 0.3) is 0 Å². The second-order valence-corrected chi connectivity index (χ2v) is 6.58. The Morgan fingerprint density at radius 3 is 2.52 bits per heavy atom. The molecule has 1 saturated heterocycles. The SMILES string of the molecule is COc1ccc(C)cc1[C@@H](C(=O)O)N1CCC(c2ccncc2)CC1. The average Bonchev–Trinajstić information content (AvgIpc) is 2.63. The molecule has 0 unspecified atom stereocenters. The molecule has 1 atom stereocenters. The highest BCUT2D eigenvalue weighted by Crippen LogP contribution is 2.35. The number of aliphatic carboxylic acids is 1. The molecule has 0 spiro atoms. The van der Waals surface area contributed by atoms with Gasteiger partial charge in [-0.15, -0.1) is 0 Å². The zero-order valence-corrected chi connectivity index (χ0v) is 14.7. The molecule has 1 aliphatic rings. The molecule has 0 aliphatic carbocycles. The zero-order chi connectivity index (χ0) is 17.8. The van der Waals surface area contributed by atoms with Gasteiger partial charge in [-0.2, -0.15) is 0 Å². The first-order chi connectivity index (χ1) is 12.1. The van der Waals surface area contributed by atoms with E-state index in [0.29, 0.717) is 11.7 Å². The first kappa shape index (κ1) is 17.4. The lowest BCUT2D eigenvalue weighted by Gasteiger charge is -2.36. The van der Waals surface area contributed by atoms with E-state index in [-0.39, 0.29) is 0 Å². The van der Waals surface area contributed by atoms with Crippen LogP contribution >= 0.6 is 0 Å². The largest absolute Gasteiger partial charge is 0.496 e. The smallest absolute Gasteiger partial charge is 0.325 e. The number of carboxylic acids is 1. The van der Waals surface area contributed by atoms with Crippen LogP contribution in [-0.4, -0.2) is 41.2 Å². The summed E-state index contributed by atoms with van der Waals surface area (Å²) >= 11 is 0. The van der Waals surface area contributed by atoms with Gasteiger partial charge >= 0.3 is 5.97 Å². The van der Waals surface area contributed by atoms with E-state index in [2.05, 4.69) is 22.0 Å². The van der Waals surface area contributed by atoms with Crippen LogP contribution in [0.3, 0.4) is 0 Å². The average molecular weight is 340 g/mol. The highest BCUT2D eigenvalue weighted by Gasteiger charge is 2.33. The van der Waals surface area contributed by atoms with Crippen LogP contribution in [0.15, 0.2) is 42.7 Å². The van der Waals surface area contributed by atoms with Gasteiger partial charge in [-0.25, -0.2) is 0 Å². The van der Waals surface area contributed by atoms with Gasteiger partial charge in [0.15, 0.2) is 0 Å². The van der Waals surface area contributed by atoms with Crippen molar-refractivity contribution in [3.8, 4) is 5.75 Å². The van der Waals surface area contributed by atoms with E-state index in [4.69, 9.17) is 4.74 Å². The Hall–Kier alpha value is -2.40. The quantitative estimate of drug-likeness (QED) is 0.904. The van der Waals surface area contributed by atoms with E-state index in [9.17, 15) is 9.90 Å². The van der Waals surface area contributed by atoms with Crippen molar-refractivity contribution in [1.82, 2.24) is 9.88 Å². The molecule has 1 aromatic carbocycles. The summed E-state index contributed by atoms with van der Waals surface area (Å²) in [4.78, 5) is 18.1. The zero-order valence-electron chi connectivity index (χ0n) is 14.7. The maximum atomic E-state index is 12.0. The Morgan fingerprint density at radius 2 is 1.92 bits per heavy atom. The number of carboxylic acid groups (broad SMARTS) is 1. The monoisotopic (exact) mass is 340 g/mol. The summed E-state index contributed by atoms with van der Waals surface area (Å²) in [5, 5.41) is 9.87. The highest BCUT2D eigenvalue weighted by molar-refractivity contribution is 5.77. The summed E-state index contributed by atoms with van der Waals surface area (Å²) in [6.45, 7) is 3.47. The lowest BCUT2D eigenvalue weighted by atomic mass is 9.88. The number of aromatic nitrogens is 1. The fourth-order valence-corrected chi connectivity index (χ4v) is 3.68. The van der Waals surface area contributed by atoms with Crippen molar-refractivity contribution >= 4 is 5.97 Å². The molecule has 3 rings (SSSR count). The molecule has 5 nitrogen and oxygen atoms in total. The molecular formula is C20H24N2O3. The number of likely N-dealkylation sites (tertiary alicyclic amines) is 1. The first-order valence-corrected chi connectivity index (χ1v) is 8.61. The van der Waals surface area contributed by atoms with Crippen molar-refractivity contribution in [3.63, 3.8) is 0 Å². The second kappa shape index (κ2) is 7.66. The Bertz CT molecular complexity index is 725. The number of hydrogen-bond acceptors (Lipinski definition) is 4. The third kappa shape index (κ3) is 3.82. The summed E-state index contributed by atoms with van der Waals surface area (Å²) in [5.41, 5.74) is 3.06. The van der Waals surface area contributed by atoms with E-state index < -0.39 is 12.0 Å². The molecule has 5 heteroatoms. The molecule has 1 N–H and O–H groups in total. The van der Waals surface area contributed by atoms with Crippen molar-refractivity contribution in [2.45, 2.75) is 31.7 Å². The summed E-state index contributed by atoms with van der Waals surface area (Å²) in [6, 6.07) is 9.15. The summed E-state index contributed by atoms with van der Waals surface area (Å²) in [7, 11) is 1.59. The molecule has 2 aromatic rings. The number of piperidine rings is 1. The van der Waals surface area contributed by atoms with Crippen LogP contribution in [0.25, 0.3) is 0 Å². The molecule has 132 valence electrons. The van der Waals surface area contributed by atoms with Crippen LogP contribution in [-0.2, 0) is 4.79 Å². The van der Waals surface area contributed by atoms with Crippen LogP contribution < -0.4 is 4.74 Å². The van der Waals surface area contributed by atoms with Crippen molar-refractivity contribution in [1.29, 1.82) is 0 Å². The number of ether oxygens (including phenoxy) is 1. The van der Waals surface area contributed by atoms with Gasteiger partial charge in [0.1, 0.15) is 11.8 Å². The van der Waals surface area contributed by atoms with Crippen molar-refractivity contribution < 1.29 is 14.6 Å². The number of aryl methyl sites for hydroxylation is 1. The third-order valence-corrected chi connectivity index (χ3v) is 4.99. The Labute approximate surface area is 148 Å².